The van der Waals surface area contributed by atoms with E-state index in [1.807, 2.05) is 0 Å². The monoisotopic (exact) mass is 421 g/mol. The molecule has 10 heteroatoms. The van der Waals surface area contributed by atoms with Crippen molar-refractivity contribution in [1.29, 1.82) is 0 Å². The number of aliphatic carboxylic acids is 2. The van der Waals surface area contributed by atoms with Gasteiger partial charge in [0.25, 0.3) is 0 Å². The molecule has 1 aliphatic rings. The first-order valence-electron chi connectivity index (χ1n) is 8.60. The van der Waals surface area contributed by atoms with Gasteiger partial charge in [-0.2, -0.15) is 0 Å². The van der Waals surface area contributed by atoms with E-state index in [1.165, 1.54) is 17.0 Å². The number of nitrogens with zero attached hydrogens (tertiary/aromatic N) is 1. The minimum absolute atomic E-state index is 0.0191. The lowest BCUT2D eigenvalue weighted by atomic mass is 10.2. The van der Waals surface area contributed by atoms with Crippen LogP contribution in [-0.4, -0.2) is 46.2 Å². The van der Waals surface area contributed by atoms with E-state index < -0.39 is 11.9 Å². The first-order chi connectivity index (χ1) is 13.8. The second-order valence-corrected chi connectivity index (χ2v) is 6.85. The van der Waals surface area contributed by atoms with Crippen LogP contribution in [0.4, 0.5) is 20.8 Å². The Kier molecular flexibility index (Phi) is 7.87. The third kappa shape index (κ3) is 6.40. The maximum Gasteiger partial charge on any atom is 0.328 e. The Bertz CT molecular complexity index is 939. The number of aryl methyl sites for hydroxylation is 1. The number of benzene rings is 1. The van der Waals surface area contributed by atoms with Gasteiger partial charge in [-0.1, -0.05) is 6.92 Å². The lowest BCUT2D eigenvalue weighted by Crippen LogP contribution is -2.13. The predicted molar refractivity (Wildman–Crippen MR) is 110 cm³/mol. The fourth-order valence-corrected chi connectivity index (χ4v) is 3.37. The maximum atomic E-state index is 13.4. The van der Waals surface area contributed by atoms with E-state index in [-0.39, 0.29) is 12.4 Å². The summed E-state index contributed by atoms with van der Waals surface area (Å²) in [5, 5.41) is 32.1. The number of amidine groups is 1. The molecule has 0 saturated heterocycles. The molecule has 0 saturated carbocycles. The highest BCUT2D eigenvalue weighted by Crippen LogP contribution is 2.37. The van der Waals surface area contributed by atoms with Gasteiger partial charge < -0.3 is 26.0 Å². The summed E-state index contributed by atoms with van der Waals surface area (Å²) in [5.74, 6) is -2.16. The van der Waals surface area contributed by atoms with Crippen LogP contribution in [0.5, 0.6) is 0 Å². The van der Waals surface area contributed by atoms with E-state index in [9.17, 15) is 14.0 Å². The zero-order chi connectivity index (χ0) is 21.4. The molecule has 8 nitrogen and oxygen atoms in total. The van der Waals surface area contributed by atoms with E-state index in [1.54, 1.807) is 17.4 Å². The maximum absolute atomic E-state index is 13.4. The lowest BCUT2D eigenvalue weighted by Gasteiger charge is -2.09. The Morgan fingerprint density at radius 3 is 2.41 bits per heavy atom. The molecule has 0 radical (unpaired) electrons. The number of halogens is 1. The molecule has 0 unspecified atom stereocenters. The third-order valence-electron chi connectivity index (χ3n) is 3.61. The Labute approximate surface area is 170 Å². The standard InChI is InChI=1S/C15H16FN3OS.C4H4O4/c1-2-10-8-11-14(17-5-6-20)18-13-7-9(16)3-4-12(13)19-15(11)21-10;5-3(6)1-2-4(7)8/h3-4,7-8,19-20H,2,5-6H2,1H3,(H,17,18);1-2H,(H,5,6)(H,7,8)/b;2-1+. The number of carboxylic acids is 2. The number of aliphatic hydroxyl groups is 1. The number of carboxylic acid groups (broad SMARTS) is 2. The van der Waals surface area contributed by atoms with Gasteiger partial charge >= 0.3 is 11.9 Å². The molecule has 0 amide bonds. The molecular formula is C19H20FN3O5S. The van der Waals surface area contributed by atoms with E-state index in [0.717, 1.165) is 22.7 Å². The molecule has 0 atom stereocenters. The van der Waals surface area contributed by atoms with Crippen LogP contribution in [0.25, 0.3) is 0 Å². The quantitative estimate of drug-likeness (QED) is 0.469. The van der Waals surface area contributed by atoms with Crippen LogP contribution in [0.15, 0.2) is 41.4 Å². The van der Waals surface area contributed by atoms with Gasteiger partial charge in [0.05, 0.1) is 30.1 Å². The van der Waals surface area contributed by atoms with E-state index >= 15 is 0 Å². The minimum atomic E-state index is -1.26. The second kappa shape index (κ2) is 10.3. The van der Waals surface area contributed by atoms with Crippen molar-refractivity contribution < 1.29 is 29.3 Å². The molecule has 154 valence electrons. The smallest absolute Gasteiger partial charge is 0.328 e. The van der Waals surface area contributed by atoms with E-state index in [0.29, 0.717) is 30.2 Å². The van der Waals surface area contributed by atoms with Crippen LogP contribution < -0.4 is 10.6 Å². The van der Waals surface area contributed by atoms with Gasteiger partial charge in [0.15, 0.2) is 0 Å². The summed E-state index contributed by atoms with van der Waals surface area (Å²) in [7, 11) is 0. The van der Waals surface area contributed by atoms with Gasteiger partial charge in [-0.3, -0.25) is 4.99 Å². The van der Waals surface area contributed by atoms with Crippen molar-refractivity contribution in [2.45, 2.75) is 13.3 Å². The van der Waals surface area contributed by atoms with Gasteiger partial charge in [-0.25, -0.2) is 14.0 Å². The van der Waals surface area contributed by atoms with Crippen molar-refractivity contribution in [2.75, 3.05) is 23.8 Å². The number of anilines is 3. The average Bonchev–Trinajstić information content (AvgIpc) is 3.03. The summed E-state index contributed by atoms with van der Waals surface area (Å²) in [6.45, 7) is 2.39. The third-order valence-corrected chi connectivity index (χ3v) is 4.80. The molecular weight excluding hydrogens is 401 g/mol. The van der Waals surface area contributed by atoms with Crippen molar-refractivity contribution in [3.63, 3.8) is 0 Å². The molecule has 3 rings (SSSR count). The van der Waals surface area contributed by atoms with Crippen LogP contribution in [0.2, 0.25) is 0 Å². The van der Waals surface area contributed by atoms with Crippen molar-refractivity contribution in [1.82, 2.24) is 0 Å². The number of hydrogen-bond donors (Lipinski definition) is 5. The Hall–Kier alpha value is -3.24. The highest BCUT2D eigenvalue weighted by molar-refractivity contribution is 7.16. The van der Waals surface area contributed by atoms with Crippen molar-refractivity contribution >= 4 is 45.5 Å². The number of aliphatic imine (C=N–C) groups is 1. The topological polar surface area (TPSA) is 131 Å². The second-order valence-electron chi connectivity index (χ2n) is 5.71. The van der Waals surface area contributed by atoms with Crippen LogP contribution in [0, 0.1) is 5.82 Å². The van der Waals surface area contributed by atoms with Crippen molar-refractivity contribution in [3.8, 4) is 0 Å². The zero-order valence-corrected chi connectivity index (χ0v) is 16.3. The highest BCUT2D eigenvalue weighted by Gasteiger charge is 2.20. The van der Waals surface area contributed by atoms with E-state index in [4.69, 9.17) is 15.3 Å². The Morgan fingerprint density at radius 1 is 1.14 bits per heavy atom. The van der Waals surface area contributed by atoms with E-state index in [2.05, 4.69) is 28.6 Å². The molecule has 1 aromatic carbocycles. The van der Waals surface area contributed by atoms with Gasteiger partial charge in [0.1, 0.15) is 16.7 Å². The molecule has 0 aliphatic carbocycles. The van der Waals surface area contributed by atoms with Gasteiger partial charge in [-0.05, 0) is 30.7 Å². The van der Waals surface area contributed by atoms with Crippen LogP contribution >= 0.6 is 11.3 Å². The molecule has 29 heavy (non-hydrogen) atoms. The van der Waals surface area contributed by atoms with Gasteiger partial charge in [-0.15, -0.1) is 11.3 Å². The molecule has 0 fully saturated rings. The van der Waals surface area contributed by atoms with Crippen LogP contribution in [-0.2, 0) is 16.0 Å². The van der Waals surface area contributed by atoms with Crippen molar-refractivity contribution in [3.05, 3.63) is 52.7 Å². The zero-order valence-electron chi connectivity index (χ0n) is 15.5. The summed E-state index contributed by atoms with van der Waals surface area (Å²) in [4.78, 5) is 24.7. The summed E-state index contributed by atoms with van der Waals surface area (Å²) in [6, 6.07) is 6.66. The Balaban J connectivity index is 0.000000321. The average molecular weight is 421 g/mol. The predicted octanol–water partition coefficient (Wildman–Crippen LogP) is 3.07. The molecule has 0 bridgehead atoms. The van der Waals surface area contributed by atoms with Gasteiger partial charge in [0.2, 0.25) is 0 Å². The fourth-order valence-electron chi connectivity index (χ4n) is 2.36. The van der Waals surface area contributed by atoms with Gasteiger partial charge in [0, 0.05) is 17.0 Å². The molecule has 2 aromatic rings. The first-order valence-corrected chi connectivity index (χ1v) is 9.41. The number of aliphatic hydroxyl groups excluding tert-OH is 1. The molecule has 2 heterocycles. The summed E-state index contributed by atoms with van der Waals surface area (Å²) < 4.78 is 13.4. The summed E-state index contributed by atoms with van der Waals surface area (Å²) in [6.07, 6.45) is 2.06. The molecule has 0 spiro atoms. The number of nitrogens with one attached hydrogen (secondary N) is 2. The highest BCUT2D eigenvalue weighted by atomic mass is 32.1. The fraction of sp³-hybridized carbons (Fsp3) is 0.211. The summed E-state index contributed by atoms with van der Waals surface area (Å²) >= 11 is 1.67. The summed E-state index contributed by atoms with van der Waals surface area (Å²) in [5.41, 5.74) is 2.42. The number of rotatable bonds is 5. The number of fused-ring (bicyclic) bond motifs is 2. The Morgan fingerprint density at radius 2 is 1.83 bits per heavy atom. The molecule has 5 N–H and O–H groups in total. The SMILES string of the molecule is CCc1cc2c(s1)Nc1ccc(F)cc1NC2=NCCO.O=C(O)/C=C/C(=O)O. The van der Waals surface area contributed by atoms with Crippen LogP contribution in [0.1, 0.15) is 17.4 Å². The first kappa shape index (κ1) is 22.1. The van der Waals surface area contributed by atoms with Crippen molar-refractivity contribution in [2.24, 2.45) is 4.99 Å². The normalized spacial score (nSPS) is 13.4. The lowest BCUT2D eigenvalue weighted by molar-refractivity contribution is -0.134. The molecule has 1 aliphatic heterocycles. The minimum Gasteiger partial charge on any atom is -0.478 e. The van der Waals surface area contributed by atoms with Crippen LogP contribution in [0.3, 0.4) is 0 Å². The largest absolute Gasteiger partial charge is 0.478 e. The number of hydrogen-bond acceptors (Lipinski definition) is 6. The number of carbonyl (C=O) groups is 2. The number of thiophene rings is 1. The molecule has 1 aromatic heterocycles.